The van der Waals surface area contributed by atoms with Crippen molar-refractivity contribution < 1.29 is 4.74 Å². The number of methoxy groups -OCH3 is 1. The molecule has 18 heavy (non-hydrogen) atoms. The van der Waals surface area contributed by atoms with E-state index in [1.54, 1.807) is 7.11 Å². The number of ether oxygens (including phenoxy) is 1. The normalized spacial score (nSPS) is 17.5. The Balaban J connectivity index is 2.00. The third-order valence-corrected chi connectivity index (χ3v) is 3.61. The van der Waals surface area contributed by atoms with Crippen LogP contribution in [0.15, 0.2) is 36.5 Å². The Morgan fingerprint density at radius 1 is 1.33 bits per heavy atom. The fourth-order valence-electron chi connectivity index (χ4n) is 2.71. The van der Waals surface area contributed by atoms with Gasteiger partial charge in [-0.15, -0.1) is 0 Å². The molecular weight excluding hydrogens is 224 g/mol. The number of pyridine rings is 1. The van der Waals surface area contributed by atoms with Crippen LogP contribution in [0, 0.1) is 0 Å². The fourth-order valence-corrected chi connectivity index (χ4v) is 2.71. The van der Waals surface area contributed by atoms with E-state index in [0.717, 1.165) is 18.6 Å². The maximum absolute atomic E-state index is 5.97. The van der Waals surface area contributed by atoms with E-state index in [9.17, 15) is 0 Å². The summed E-state index contributed by atoms with van der Waals surface area (Å²) in [4.78, 5) is 4.52. The van der Waals surface area contributed by atoms with Crippen molar-refractivity contribution in [2.75, 3.05) is 12.8 Å². The molecule has 0 spiro atoms. The summed E-state index contributed by atoms with van der Waals surface area (Å²) < 4.78 is 5.19. The molecule has 92 valence electrons. The van der Waals surface area contributed by atoms with Crippen LogP contribution in [0.5, 0.6) is 5.75 Å². The van der Waals surface area contributed by atoms with E-state index in [0.29, 0.717) is 11.6 Å². The maximum atomic E-state index is 5.97. The zero-order valence-corrected chi connectivity index (χ0v) is 10.4. The second-order valence-corrected chi connectivity index (χ2v) is 4.64. The van der Waals surface area contributed by atoms with Gasteiger partial charge in [0.2, 0.25) is 0 Å². The van der Waals surface area contributed by atoms with Gasteiger partial charge in [0, 0.05) is 12.1 Å². The van der Waals surface area contributed by atoms with E-state index < -0.39 is 0 Å². The molecule has 0 aliphatic heterocycles. The first-order valence-corrected chi connectivity index (χ1v) is 6.17. The molecule has 1 aromatic carbocycles. The van der Waals surface area contributed by atoms with Crippen LogP contribution < -0.4 is 10.5 Å². The Labute approximate surface area is 107 Å². The summed E-state index contributed by atoms with van der Waals surface area (Å²) in [6, 6.07) is 10.2. The molecule has 0 fully saturated rings. The third-order valence-electron chi connectivity index (χ3n) is 3.61. The van der Waals surface area contributed by atoms with E-state index in [4.69, 9.17) is 10.5 Å². The molecule has 1 aliphatic carbocycles. The third kappa shape index (κ3) is 1.72. The van der Waals surface area contributed by atoms with Gasteiger partial charge in [0.15, 0.2) is 0 Å². The molecule has 1 atom stereocenters. The van der Waals surface area contributed by atoms with Gasteiger partial charge in [0.25, 0.3) is 0 Å². The first-order valence-electron chi connectivity index (χ1n) is 6.17. The lowest BCUT2D eigenvalue weighted by Crippen LogP contribution is -2.01. The highest BCUT2D eigenvalue weighted by Gasteiger charge is 2.25. The summed E-state index contributed by atoms with van der Waals surface area (Å²) in [6.45, 7) is 0. The first kappa shape index (κ1) is 11.1. The summed E-state index contributed by atoms with van der Waals surface area (Å²) in [7, 11) is 1.64. The van der Waals surface area contributed by atoms with Crippen molar-refractivity contribution in [3.8, 4) is 5.75 Å². The Bertz CT molecular complexity index is 580. The van der Waals surface area contributed by atoms with E-state index in [1.165, 1.54) is 16.8 Å². The van der Waals surface area contributed by atoms with Crippen LogP contribution in [0.2, 0.25) is 0 Å². The molecule has 2 N–H and O–H groups in total. The van der Waals surface area contributed by atoms with Gasteiger partial charge in [-0.05, 0) is 42.2 Å². The molecule has 3 heteroatoms. The predicted molar refractivity (Wildman–Crippen MR) is 71.8 cm³/mol. The Morgan fingerprint density at radius 2 is 2.22 bits per heavy atom. The van der Waals surface area contributed by atoms with Crippen LogP contribution in [0.4, 0.5) is 5.69 Å². The van der Waals surface area contributed by atoms with Crippen molar-refractivity contribution in [1.82, 2.24) is 4.98 Å². The molecule has 0 radical (unpaired) electrons. The van der Waals surface area contributed by atoms with Gasteiger partial charge >= 0.3 is 0 Å². The molecule has 0 saturated heterocycles. The number of fused-ring (bicyclic) bond motifs is 1. The molecule has 1 aromatic heterocycles. The average molecular weight is 240 g/mol. The number of aromatic nitrogens is 1. The number of anilines is 1. The Kier molecular flexibility index (Phi) is 2.67. The summed E-state index contributed by atoms with van der Waals surface area (Å²) in [6.07, 6.45) is 4.07. The standard InChI is InChI=1S/C15H16N2O/c1-18-14-7-5-11(9-13(14)16)12-6-4-10-3-2-8-17-15(10)12/h2-3,5,7-9,12H,4,6,16H2,1H3. The minimum Gasteiger partial charge on any atom is -0.495 e. The summed E-state index contributed by atoms with van der Waals surface area (Å²) >= 11 is 0. The number of hydrogen-bond donors (Lipinski definition) is 1. The minimum atomic E-state index is 0.370. The van der Waals surface area contributed by atoms with Crippen LogP contribution in [0.25, 0.3) is 0 Å². The largest absolute Gasteiger partial charge is 0.495 e. The van der Waals surface area contributed by atoms with Gasteiger partial charge in [-0.1, -0.05) is 12.1 Å². The van der Waals surface area contributed by atoms with Crippen molar-refractivity contribution in [2.24, 2.45) is 0 Å². The lowest BCUT2D eigenvalue weighted by atomic mass is 9.96. The lowest BCUT2D eigenvalue weighted by Gasteiger charge is -2.13. The molecule has 1 unspecified atom stereocenters. The van der Waals surface area contributed by atoms with Crippen LogP contribution in [0.1, 0.15) is 29.2 Å². The molecule has 2 aromatic rings. The van der Waals surface area contributed by atoms with E-state index in [2.05, 4.69) is 17.1 Å². The summed E-state index contributed by atoms with van der Waals surface area (Å²) in [5.41, 5.74) is 10.5. The van der Waals surface area contributed by atoms with Crippen molar-refractivity contribution in [2.45, 2.75) is 18.8 Å². The number of rotatable bonds is 2. The lowest BCUT2D eigenvalue weighted by molar-refractivity contribution is 0.417. The summed E-state index contributed by atoms with van der Waals surface area (Å²) in [5, 5.41) is 0. The van der Waals surface area contributed by atoms with Crippen LogP contribution in [-0.4, -0.2) is 12.1 Å². The van der Waals surface area contributed by atoms with Gasteiger partial charge in [0.1, 0.15) is 5.75 Å². The molecule has 3 nitrogen and oxygen atoms in total. The van der Waals surface area contributed by atoms with E-state index in [-0.39, 0.29) is 0 Å². The number of nitrogens with zero attached hydrogens (tertiary/aromatic N) is 1. The molecule has 0 amide bonds. The second-order valence-electron chi connectivity index (χ2n) is 4.64. The van der Waals surface area contributed by atoms with Gasteiger partial charge < -0.3 is 10.5 Å². The smallest absolute Gasteiger partial charge is 0.141 e. The van der Waals surface area contributed by atoms with Gasteiger partial charge in [-0.3, -0.25) is 4.98 Å². The zero-order chi connectivity index (χ0) is 12.5. The Hall–Kier alpha value is -2.03. The second kappa shape index (κ2) is 4.33. The van der Waals surface area contributed by atoms with E-state index in [1.807, 2.05) is 24.4 Å². The van der Waals surface area contributed by atoms with Crippen molar-refractivity contribution in [3.63, 3.8) is 0 Å². The topological polar surface area (TPSA) is 48.1 Å². The minimum absolute atomic E-state index is 0.370. The highest BCUT2D eigenvalue weighted by molar-refractivity contribution is 5.56. The van der Waals surface area contributed by atoms with Crippen molar-refractivity contribution >= 4 is 5.69 Å². The van der Waals surface area contributed by atoms with Crippen molar-refractivity contribution in [1.29, 1.82) is 0 Å². The van der Waals surface area contributed by atoms with Gasteiger partial charge in [-0.2, -0.15) is 0 Å². The molecule has 0 bridgehead atoms. The quantitative estimate of drug-likeness (QED) is 0.821. The maximum Gasteiger partial charge on any atom is 0.141 e. The number of benzene rings is 1. The molecule has 3 rings (SSSR count). The predicted octanol–water partition coefficient (Wildman–Crippen LogP) is 2.75. The average Bonchev–Trinajstić information content (AvgIpc) is 2.82. The zero-order valence-electron chi connectivity index (χ0n) is 10.4. The molecule has 1 heterocycles. The number of nitrogen functional groups attached to an aromatic ring is 1. The first-order chi connectivity index (χ1) is 8.79. The van der Waals surface area contributed by atoms with Crippen LogP contribution in [-0.2, 0) is 6.42 Å². The number of hydrogen-bond acceptors (Lipinski definition) is 3. The van der Waals surface area contributed by atoms with E-state index >= 15 is 0 Å². The van der Waals surface area contributed by atoms with Crippen LogP contribution in [0.3, 0.4) is 0 Å². The van der Waals surface area contributed by atoms with Gasteiger partial charge in [-0.25, -0.2) is 0 Å². The molecular formula is C15H16N2O. The van der Waals surface area contributed by atoms with Crippen LogP contribution >= 0.6 is 0 Å². The number of aryl methyl sites for hydroxylation is 1. The van der Waals surface area contributed by atoms with Crippen molar-refractivity contribution in [3.05, 3.63) is 53.3 Å². The highest BCUT2D eigenvalue weighted by atomic mass is 16.5. The molecule has 0 saturated carbocycles. The highest BCUT2D eigenvalue weighted by Crippen LogP contribution is 2.38. The fraction of sp³-hybridized carbons (Fsp3) is 0.267. The monoisotopic (exact) mass is 240 g/mol. The summed E-state index contributed by atoms with van der Waals surface area (Å²) in [5.74, 6) is 1.10. The number of nitrogens with two attached hydrogens (primary N) is 1. The van der Waals surface area contributed by atoms with Gasteiger partial charge in [0.05, 0.1) is 18.5 Å². The Morgan fingerprint density at radius 3 is 3.00 bits per heavy atom. The SMILES string of the molecule is COc1ccc(C2CCc3cccnc32)cc1N. The molecule has 1 aliphatic rings.